The van der Waals surface area contributed by atoms with Crippen LogP contribution in [0.1, 0.15) is 17.4 Å². The van der Waals surface area contributed by atoms with Crippen molar-refractivity contribution in [1.82, 2.24) is 4.98 Å². The van der Waals surface area contributed by atoms with E-state index < -0.39 is 36.1 Å². The second kappa shape index (κ2) is 9.45. The van der Waals surface area contributed by atoms with Crippen molar-refractivity contribution in [2.75, 3.05) is 13.7 Å². The Balaban J connectivity index is 1.57. The van der Waals surface area contributed by atoms with Crippen molar-refractivity contribution < 1.29 is 18.9 Å². The molecule has 0 radical (unpaired) electrons. The van der Waals surface area contributed by atoms with Crippen molar-refractivity contribution in [3.05, 3.63) is 70.4 Å². The second-order valence-corrected chi connectivity index (χ2v) is 7.93. The standard InChI is InChI=1S/C20H19N5O4S/c1-26-18-16(24-25-22)17-15(11-27-19(29-17)13-5-3-2-4-6-13)28-20(18)30-14-7-12(8-21)9-23-10-14/h2-7,9-10,15-20H,11H2,1H3/t15?,16?,17-,18-,19?,20+/m0/s1. The lowest BCUT2D eigenvalue weighted by molar-refractivity contribution is -0.298. The molecule has 3 unspecified atom stereocenters. The Hall–Kier alpha value is -2.64. The monoisotopic (exact) mass is 425 g/mol. The maximum atomic E-state index is 9.17. The smallest absolute Gasteiger partial charge is 0.184 e. The van der Waals surface area contributed by atoms with E-state index >= 15 is 0 Å². The van der Waals surface area contributed by atoms with Gasteiger partial charge in [-0.2, -0.15) is 5.26 Å². The summed E-state index contributed by atoms with van der Waals surface area (Å²) in [6.07, 6.45) is 1.04. The maximum absolute atomic E-state index is 9.17. The molecule has 0 saturated carbocycles. The van der Waals surface area contributed by atoms with Gasteiger partial charge in [-0.25, -0.2) is 0 Å². The Morgan fingerprint density at radius 3 is 2.87 bits per heavy atom. The fourth-order valence-corrected chi connectivity index (χ4v) is 4.75. The van der Waals surface area contributed by atoms with E-state index in [2.05, 4.69) is 21.1 Å². The number of benzene rings is 1. The summed E-state index contributed by atoms with van der Waals surface area (Å²) < 4.78 is 23.9. The maximum Gasteiger partial charge on any atom is 0.184 e. The van der Waals surface area contributed by atoms with Crippen LogP contribution < -0.4 is 0 Å². The third-order valence-corrected chi connectivity index (χ3v) is 6.04. The molecule has 2 aliphatic rings. The first-order valence-corrected chi connectivity index (χ1v) is 10.2. The molecular weight excluding hydrogens is 406 g/mol. The average molecular weight is 425 g/mol. The van der Waals surface area contributed by atoms with Crippen LogP contribution in [0.3, 0.4) is 0 Å². The van der Waals surface area contributed by atoms with Crippen LogP contribution in [0.4, 0.5) is 0 Å². The van der Waals surface area contributed by atoms with E-state index in [1.165, 1.54) is 18.0 Å². The minimum Gasteiger partial charge on any atom is -0.377 e. The van der Waals surface area contributed by atoms with Gasteiger partial charge in [0.2, 0.25) is 0 Å². The van der Waals surface area contributed by atoms with Gasteiger partial charge in [-0.15, -0.1) is 0 Å². The van der Waals surface area contributed by atoms with E-state index in [0.29, 0.717) is 5.56 Å². The number of nitriles is 1. The summed E-state index contributed by atoms with van der Waals surface area (Å²) >= 11 is 1.35. The van der Waals surface area contributed by atoms with Crippen LogP contribution in [0.15, 0.2) is 58.8 Å². The molecule has 0 aliphatic carbocycles. The van der Waals surface area contributed by atoms with Crippen molar-refractivity contribution in [2.24, 2.45) is 5.11 Å². The molecule has 6 atom stereocenters. The lowest BCUT2D eigenvalue weighted by Gasteiger charge is -2.47. The van der Waals surface area contributed by atoms with Crippen molar-refractivity contribution in [2.45, 2.75) is 41.0 Å². The van der Waals surface area contributed by atoms with Gasteiger partial charge in [0.15, 0.2) is 6.29 Å². The molecule has 3 heterocycles. The predicted molar refractivity (Wildman–Crippen MR) is 107 cm³/mol. The zero-order chi connectivity index (χ0) is 20.9. The summed E-state index contributed by atoms with van der Waals surface area (Å²) in [5, 5.41) is 13.1. The van der Waals surface area contributed by atoms with Gasteiger partial charge in [0, 0.05) is 34.9 Å². The van der Waals surface area contributed by atoms with Crippen LogP contribution in [0, 0.1) is 11.3 Å². The van der Waals surface area contributed by atoms with E-state index in [0.717, 1.165) is 10.5 Å². The minimum absolute atomic E-state index is 0.283. The molecule has 0 spiro atoms. The Bertz CT molecular complexity index is 965. The largest absolute Gasteiger partial charge is 0.377 e. The van der Waals surface area contributed by atoms with Gasteiger partial charge in [0.1, 0.15) is 29.8 Å². The minimum atomic E-state index is -0.613. The number of methoxy groups -OCH3 is 1. The Kier molecular flexibility index (Phi) is 6.50. The molecular formula is C20H19N5O4S. The van der Waals surface area contributed by atoms with E-state index in [-0.39, 0.29) is 6.61 Å². The van der Waals surface area contributed by atoms with Crippen molar-refractivity contribution in [1.29, 1.82) is 5.26 Å². The average Bonchev–Trinajstić information content (AvgIpc) is 2.80. The highest BCUT2D eigenvalue weighted by Gasteiger charge is 2.50. The summed E-state index contributed by atoms with van der Waals surface area (Å²) in [7, 11) is 1.54. The molecule has 1 aromatic carbocycles. The molecule has 154 valence electrons. The summed E-state index contributed by atoms with van der Waals surface area (Å²) in [6.45, 7) is 0.283. The second-order valence-electron chi connectivity index (χ2n) is 6.75. The molecule has 2 aliphatic heterocycles. The number of aromatic nitrogens is 1. The number of pyridine rings is 1. The molecule has 30 heavy (non-hydrogen) atoms. The van der Waals surface area contributed by atoms with Gasteiger partial charge in [0.05, 0.1) is 18.2 Å². The summed E-state index contributed by atoms with van der Waals surface area (Å²) in [5.74, 6) is 0. The lowest BCUT2D eigenvalue weighted by Crippen LogP contribution is -2.60. The van der Waals surface area contributed by atoms with Crippen LogP contribution in [0.5, 0.6) is 0 Å². The Morgan fingerprint density at radius 1 is 1.30 bits per heavy atom. The fourth-order valence-electron chi connectivity index (χ4n) is 3.56. The van der Waals surface area contributed by atoms with Gasteiger partial charge in [-0.05, 0) is 11.6 Å². The number of nitrogens with zero attached hydrogens (tertiary/aromatic N) is 5. The Morgan fingerprint density at radius 2 is 2.13 bits per heavy atom. The van der Waals surface area contributed by atoms with E-state index in [1.807, 2.05) is 30.3 Å². The Labute approximate surface area is 177 Å². The third-order valence-electron chi connectivity index (χ3n) is 4.93. The van der Waals surface area contributed by atoms with Crippen molar-refractivity contribution in [3.63, 3.8) is 0 Å². The number of rotatable bonds is 5. The molecule has 2 saturated heterocycles. The number of thioether (sulfide) groups is 1. The number of fused-ring (bicyclic) bond motifs is 1. The topological polar surface area (TPSA) is 122 Å². The molecule has 4 rings (SSSR count). The predicted octanol–water partition coefficient (Wildman–Crippen LogP) is 3.58. The molecule has 9 nitrogen and oxygen atoms in total. The normalized spacial score (nSPS) is 30.5. The lowest BCUT2D eigenvalue weighted by atomic mass is 9.96. The highest BCUT2D eigenvalue weighted by molar-refractivity contribution is 7.99. The molecule has 10 heteroatoms. The highest BCUT2D eigenvalue weighted by atomic mass is 32.2. The molecule has 0 N–H and O–H groups in total. The van der Waals surface area contributed by atoms with Crippen LogP contribution in [-0.2, 0) is 18.9 Å². The first kappa shape index (κ1) is 20.6. The van der Waals surface area contributed by atoms with Gasteiger partial charge >= 0.3 is 0 Å². The summed E-state index contributed by atoms with van der Waals surface area (Å²) in [6, 6.07) is 12.7. The summed E-state index contributed by atoms with van der Waals surface area (Å²) in [5.41, 5.74) is 10.00. The van der Waals surface area contributed by atoms with Crippen LogP contribution in [-0.4, -0.2) is 48.5 Å². The quantitative estimate of drug-likeness (QED) is 0.407. The molecule has 2 aromatic rings. The van der Waals surface area contributed by atoms with Gasteiger partial charge < -0.3 is 18.9 Å². The number of hydrogen-bond acceptors (Lipinski definition) is 8. The molecule has 2 fully saturated rings. The highest BCUT2D eigenvalue weighted by Crippen LogP contribution is 2.40. The number of ether oxygens (including phenoxy) is 4. The van der Waals surface area contributed by atoms with E-state index in [1.54, 1.807) is 19.4 Å². The first-order chi connectivity index (χ1) is 14.7. The third kappa shape index (κ3) is 4.27. The fraction of sp³-hybridized carbons (Fsp3) is 0.400. The molecule has 0 amide bonds. The van der Waals surface area contributed by atoms with Crippen molar-refractivity contribution in [3.8, 4) is 6.07 Å². The van der Waals surface area contributed by atoms with Gasteiger partial charge in [0.25, 0.3) is 0 Å². The van der Waals surface area contributed by atoms with Crippen LogP contribution >= 0.6 is 11.8 Å². The van der Waals surface area contributed by atoms with Crippen LogP contribution in [0.2, 0.25) is 0 Å². The summed E-state index contributed by atoms with van der Waals surface area (Å²) in [4.78, 5) is 7.85. The zero-order valence-electron chi connectivity index (χ0n) is 16.1. The van der Waals surface area contributed by atoms with Crippen molar-refractivity contribution >= 4 is 11.8 Å². The first-order valence-electron chi connectivity index (χ1n) is 9.29. The van der Waals surface area contributed by atoms with Crippen LogP contribution in [0.25, 0.3) is 10.4 Å². The van der Waals surface area contributed by atoms with E-state index in [4.69, 9.17) is 24.2 Å². The zero-order valence-corrected chi connectivity index (χ0v) is 16.9. The number of azide groups is 1. The van der Waals surface area contributed by atoms with Gasteiger partial charge in [-0.3, -0.25) is 4.98 Å². The van der Waals surface area contributed by atoms with Gasteiger partial charge in [-0.1, -0.05) is 47.2 Å². The van der Waals surface area contributed by atoms with E-state index in [9.17, 15) is 5.53 Å². The number of hydrogen-bond donors (Lipinski definition) is 0. The molecule has 1 aromatic heterocycles. The molecule has 0 bridgehead atoms. The SMILES string of the molecule is CO[C@H]1C(N=[N+]=[N-])[C@H]2OC(c3ccccc3)OCC2O[C@@H]1Sc1cncc(C#N)c1.